The summed E-state index contributed by atoms with van der Waals surface area (Å²) in [5.74, 6) is 0.204. The van der Waals surface area contributed by atoms with Gasteiger partial charge in [0, 0.05) is 32.2 Å². The molecule has 2 saturated heterocycles. The molecule has 2 rings (SSSR count). The quantitative estimate of drug-likeness (QED) is 0.830. The van der Waals surface area contributed by atoms with Crippen LogP contribution in [-0.2, 0) is 9.53 Å². The van der Waals surface area contributed by atoms with E-state index in [1.54, 1.807) is 4.90 Å². The zero-order valence-corrected chi connectivity index (χ0v) is 12.3. The number of carbonyl (C=O) groups excluding carboxylic acids is 2. The van der Waals surface area contributed by atoms with Gasteiger partial charge in [0.25, 0.3) is 0 Å². The van der Waals surface area contributed by atoms with Crippen LogP contribution in [-0.4, -0.2) is 67.2 Å². The molecule has 2 aliphatic heterocycles. The maximum Gasteiger partial charge on any atom is 0.409 e. The Morgan fingerprint density at radius 1 is 1.10 bits per heavy atom. The molecule has 2 heterocycles. The number of nitrogens with zero attached hydrogens (tertiary/aromatic N) is 2. The normalized spacial score (nSPS) is 20.2. The predicted molar refractivity (Wildman–Crippen MR) is 75.4 cm³/mol. The van der Waals surface area contributed by atoms with Gasteiger partial charge in [-0.25, -0.2) is 4.79 Å². The van der Waals surface area contributed by atoms with Crippen LogP contribution in [0.2, 0.25) is 0 Å². The first kappa shape index (κ1) is 15.1. The molecule has 0 atom stereocenters. The van der Waals surface area contributed by atoms with Gasteiger partial charge in [0.15, 0.2) is 0 Å². The molecule has 2 aliphatic rings. The standard InChI is InChI=1S/C14H25N3O3/c1-2-20-14(19)17-9-5-12(6-10-17)15-11-13(18)16-7-3-4-8-16/h12,15H,2-11H2,1H3. The number of piperidine rings is 1. The van der Waals surface area contributed by atoms with Crippen molar-refractivity contribution in [2.75, 3.05) is 39.3 Å². The van der Waals surface area contributed by atoms with Crippen LogP contribution in [0.5, 0.6) is 0 Å². The Labute approximate surface area is 120 Å². The fraction of sp³-hybridized carbons (Fsp3) is 0.857. The fourth-order valence-corrected chi connectivity index (χ4v) is 2.79. The molecule has 0 aliphatic carbocycles. The molecule has 6 heteroatoms. The second kappa shape index (κ2) is 7.47. The molecule has 114 valence electrons. The van der Waals surface area contributed by atoms with Crippen LogP contribution >= 0.6 is 0 Å². The van der Waals surface area contributed by atoms with E-state index in [1.165, 1.54) is 0 Å². The molecular weight excluding hydrogens is 258 g/mol. The highest BCUT2D eigenvalue weighted by Gasteiger charge is 2.24. The SMILES string of the molecule is CCOC(=O)N1CCC(NCC(=O)N2CCCC2)CC1. The second-order valence-electron chi connectivity index (χ2n) is 5.43. The molecule has 2 fully saturated rings. The summed E-state index contributed by atoms with van der Waals surface area (Å²) < 4.78 is 4.99. The number of amides is 2. The Balaban J connectivity index is 1.64. The molecule has 1 N–H and O–H groups in total. The number of hydrogen-bond donors (Lipinski definition) is 1. The molecule has 6 nitrogen and oxygen atoms in total. The Morgan fingerprint density at radius 3 is 2.35 bits per heavy atom. The lowest BCUT2D eigenvalue weighted by Crippen LogP contribution is -2.47. The van der Waals surface area contributed by atoms with Crippen molar-refractivity contribution < 1.29 is 14.3 Å². The molecule has 0 unspecified atom stereocenters. The van der Waals surface area contributed by atoms with Crippen LogP contribution in [0.25, 0.3) is 0 Å². The van der Waals surface area contributed by atoms with Crippen LogP contribution < -0.4 is 5.32 Å². The largest absolute Gasteiger partial charge is 0.450 e. The molecule has 0 aromatic heterocycles. The van der Waals surface area contributed by atoms with E-state index in [1.807, 2.05) is 11.8 Å². The average molecular weight is 283 g/mol. The van der Waals surface area contributed by atoms with Gasteiger partial charge in [-0.15, -0.1) is 0 Å². The zero-order valence-electron chi connectivity index (χ0n) is 12.3. The summed E-state index contributed by atoms with van der Waals surface area (Å²) in [6, 6.07) is 0.326. The highest BCUT2D eigenvalue weighted by Crippen LogP contribution is 2.12. The van der Waals surface area contributed by atoms with E-state index in [-0.39, 0.29) is 12.0 Å². The molecule has 0 spiro atoms. The summed E-state index contributed by atoms with van der Waals surface area (Å²) in [7, 11) is 0. The van der Waals surface area contributed by atoms with Gasteiger partial charge >= 0.3 is 6.09 Å². The molecule has 0 aromatic carbocycles. The Morgan fingerprint density at radius 2 is 1.75 bits per heavy atom. The van der Waals surface area contributed by atoms with Crippen molar-refractivity contribution in [2.45, 2.75) is 38.6 Å². The Kier molecular flexibility index (Phi) is 5.64. The van der Waals surface area contributed by atoms with Gasteiger partial charge < -0.3 is 19.9 Å². The molecule has 20 heavy (non-hydrogen) atoms. The lowest BCUT2D eigenvalue weighted by atomic mass is 10.1. The molecule has 0 radical (unpaired) electrons. The lowest BCUT2D eigenvalue weighted by Gasteiger charge is -2.31. The third-order valence-electron chi connectivity index (χ3n) is 4.02. The van der Waals surface area contributed by atoms with E-state index in [0.29, 0.717) is 32.3 Å². The first-order valence-electron chi connectivity index (χ1n) is 7.63. The highest BCUT2D eigenvalue weighted by atomic mass is 16.6. The van der Waals surface area contributed by atoms with Crippen molar-refractivity contribution in [3.63, 3.8) is 0 Å². The number of nitrogens with one attached hydrogen (secondary N) is 1. The molecule has 0 aromatic rings. The van der Waals surface area contributed by atoms with E-state index in [4.69, 9.17) is 4.74 Å². The Bertz CT molecular complexity index is 335. The van der Waals surface area contributed by atoms with Crippen LogP contribution in [0, 0.1) is 0 Å². The topological polar surface area (TPSA) is 61.9 Å². The minimum absolute atomic E-state index is 0.204. The minimum Gasteiger partial charge on any atom is -0.450 e. The predicted octanol–water partition coefficient (Wildman–Crippen LogP) is 0.819. The maximum absolute atomic E-state index is 11.9. The number of hydrogen-bond acceptors (Lipinski definition) is 4. The minimum atomic E-state index is -0.223. The number of carbonyl (C=O) groups is 2. The van der Waals surface area contributed by atoms with Gasteiger partial charge in [0.2, 0.25) is 5.91 Å². The summed E-state index contributed by atoms with van der Waals surface area (Å²) in [6.45, 7) is 5.87. The van der Waals surface area contributed by atoms with Crippen LogP contribution in [0.15, 0.2) is 0 Å². The molecule has 0 saturated carbocycles. The van der Waals surface area contributed by atoms with Crippen molar-refractivity contribution in [3.8, 4) is 0 Å². The van der Waals surface area contributed by atoms with Crippen LogP contribution in [0.1, 0.15) is 32.6 Å². The van der Waals surface area contributed by atoms with Crippen molar-refractivity contribution in [2.24, 2.45) is 0 Å². The first-order chi connectivity index (χ1) is 9.70. The third kappa shape index (κ3) is 4.10. The molecule has 2 amide bonds. The Hall–Kier alpha value is -1.30. The summed E-state index contributed by atoms with van der Waals surface area (Å²) in [5.41, 5.74) is 0. The third-order valence-corrected chi connectivity index (χ3v) is 4.02. The van der Waals surface area contributed by atoms with Gasteiger partial charge in [0.1, 0.15) is 0 Å². The zero-order chi connectivity index (χ0) is 14.4. The summed E-state index contributed by atoms with van der Waals surface area (Å²) >= 11 is 0. The van der Waals surface area contributed by atoms with Gasteiger partial charge in [-0.1, -0.05) is 0 Å². The maximum atomic E-state index is 11.9. The number of likely N-dealkylation sites (tertiary alicyclic amines) is 2. The monoisotopic (exact) mass is 283 g/mol. The van der Waals surface area contributed by atoms with E-state index < -0.39 is 0 Å². The van der Waals surface area contributed by atoms with E-state index in [2.05, 4.69) is 5.32 Å². The fourth-order valence-electron chi connectivity index (χ4n) is 2.79. The van der Waals surface area contributed by atoms with Gasteiger partial charge in [-0.05, 0) is 32.6 Å². The van der Waals surface area contributed by atoms with Gasteiger partial charge in [-0.3, -0.25) is 4.79 Å². The smallest absolute Gasteiger partial charge is 0.409 e. The van der Waals surface area contributed by atoms with E-state index >= 15 is 0 Å². The number of rotatable bonds is 4. The summed E-state index contributed by atoms with van der Waals surface area (Å²) in [6.07, 6.45) is 3.80. The lowest BCUT2D eigenvalue weighted by molar-refractivity contribution is -0.129. The van der Waals surface area contributed by atoms with E-state index in [0.717, 1.165) is 38.8 Å². The average Bonchev–Trinajstić information content (AvgIpc) is 3.00. The van der Waals surface area contributed by atoms with Crippen molar-refractivity contribution in [1.82, 2.24) is 15.1 Å². The van der Waals surface area contributed by atoms with E-state index in [9.17, 15) is 9.59 Å². The van der Waals surface area contributed by atoms with Crippen molar-refractivity contribution in [1.29, 1.82) is 0 Å². The van der Waals surface area contributed by atoms with Gasteiger partial charge in [0.05, 0.1) is 13.2 Å². The summed E-state index contributed by atoms with van der Waals surface area (Å²) in [5, 5.41) is 3.32. The highest BCUT2D eigenvalue weighted by molar-refractivity contribution is 5.78. The van der Waals surface area contributed by atoms with Crippen molar-refractivity contribution >= 4 is 12.0 Å². The second-order valence-corrected chi connectivity index (χ2v) is 5.43. The van der Waals surface area contributed by atoms with Crippen LogP contribution in [0.3, 0.4) is 0 Å². The number of ether oxygens (including phenoxy) is 1. The van der Waals surface area contributed by atoms with Gasteiger partial charge in [-0.2, -0.15) is 0 Å². The summed E-state index contributed by atoms with van der Waals surface area (Å²) in [4.78, 5) is 27.2. The molecular formula is C14H25N3O3. The molecule has 0 bridgehead atoms. The van der Waals surface area contributed by atoms with Crippen LogP contribution in [0.4, 0.5) is 4.79 Å². The van der Waals surface area contributed by atoms with Crippen molar-refractivity contribution in [3.05, 3.63) is 0 Å². The first-order valence-corrected chi connectivity index (χ1v) is 7.63.